The molecule has 8 heteroatoms. The van der Waals surface area contributed by atoms with E-state index in [1.165, 1.54) is 0 Å². The second-order valence-electron chi connectivity index (χ2n) is 12.2. The van der Waals surface area contributed by atoms with E-state index in [0.29, 0.717) is 18.7 Å². The van der Waals surface area contributed by atoms with Gasteiger partial charge in [-0.3, -0.25) is 4.79 Å². The molecule has 40 heavy (non-hydrogen) atoms. The van der Waals surface area contributed by atoms with Crippen molar-refractivity contribution in [1.82, 2.24) is 15.1 Å². The van der Waals surface area contributed by atoms with Crippen LogP contribution in [0.2, 0.25) is 0 Å². The molecule has 0 bridgehead atoms. The van der Waals surface area contributed by atoms with Gasteiger partial charge in [0.05, 0.1) is 13.2 Å². The van der Waals surface area contributed by atoms with Crippen molar-refractivity contribution in [1.29, 1.82) is 0 Å². The van der Waals surface area contributed by atoms with Crippen LogP contribution in [-0.2, 0) is 4.74 Å². The Morgan fingerprint density at radius 3 is 2.27 bits per heavy atom. The summed E-state index contributed by atoms with van der Waals surface area (Å²) in [4.78, 5) is 32.4. The smallest absolute Gasteiger partial charge is 0.410 e. The van der Waals surface area contributed by atoms with Gasteiger partial charge in [0.1, 0.15) is 11.4 Å². The fraction of sp³-hybridized carbons (Fsp3) is 0.562. The number of piperidine rings is 1. The van der Waals surface area contributed by atoms with Crippen LogP contribution in [0.3, 0.4) is 0 Å². The Bertz CT molecular complexity index is 1190. The molecule has 2 saturated heterocycles. The predicted octanol–water partition coefficient (Wildman–Crippen LogP) is 5.36. The highest BCUT2D eigenvalue weighted by Crippen LogP contribution is 2.36. The van der Waals surface area contributed by atoms with Gasteiger partial charge in [-0.05, 0) is 101 Å². The molecule has 2 aromatic carbocycles. The summed E-state index contributed by atoms with van der Waals surface area (Å²) in [5, 5.41) is 3.23. The third-order valence-corrected chi connectivity index (χ3v) is 8.02. The fourth-order valence-corrected chi connectivity index (χ4v) is 5.51. The number of carbonyl (C=O) groups excluding carboxylic acids is 2. The molecular formula is C32H46N4O4. The highest BCUT2D eigenvalue weighted by atomic mass is 16.6. The lowest BCUT2D eigenvalue weighted by Gasteiger charge is -2.34. The summed E-state index contributed by atoms with van der Waals surface area (Å²) in [5.41, 5.74) is 4.43. The summed E-state index contributed by atoms with van der Waals surface area (Å²) < 4.78 is 11.3. The number of nitrogens with zero attached hydrogens (tertiary/aromatic N) is 3. The van der Waals surface area contributed by atoms with E-state index in [1.807, 2.05) is 58.9 Å². The number of likely N-dealkylation sites (N-methyl/N-ethyl adjacent to an activating group) is 1. The highest BCUT2D eigenvalue weighted by Gasteiger charge is 2.29. The summed E-state index contributed by atoms with van der Waals surface area (Å²) in [6.07, 6.45) is 1.41. The van der Waals surface area contributed by atoms with E-state index in [4.69, 9.17) is 9.47 Å². The molecule has 8 nitrogen and oxygen atoms in total. The van der Waals surface area contributed by atoms with Crippen molar-refractivity contribution in [3.05, 3.63) is 58.7 Å². The lowest BCUT2D eigenvalue weighted by atomic mass is 9.87. The number of piperazine rings is 1. The SMILES string of the molecule is COc1ccc([C@@H](C)NC(=O)c2cc(N3CCN(C)CC3)ccc2C)cc1C1CCN(C(=O)OC(C)(C)C)CC1. The second kappa shape index (κ2) is 12.5. The monoisotopic (exact) mass is 550 g/mol. The molecule has 0 unspecified atom stereocenters. The molecule has 0 spiro atoms. The number of rotatable bonds is 6. The molecule has 0 aromatic heterocycles. The van der Waals surface area contributed by atoms with Crippen molar-refractivity contribution < 1.29 is 19.1 Å². The summed E-state index contributed by atoms with van der Waals surface area (Å²) in [7, 11) is 3.83. The fourth-order valence-electron chi connectivity index (χ4n) is 5.51. The first-order chi connectivity index (χ1) is 18.9. The van der Waals surface area contributed by atoms with E-state index in [0.717, 1.165) is 67.1 Å². The average Bonchev–Trinajstić information content (AvgIpc) is 2.92. The predicted molar refractivity (Wildman–Crippen MR) is 160 cm³/mol. The number of carbonyl (C=O) groups is 2. The quantitative estimate of drug-likeness (QED) is 0.522. The van der Waals surface area contributed by atoms with Crippen molar-refractivity contribution in [2.24, 2.45) is 0 Å². The van der Waals surface area contributed by atoms with Gasteiger partial charge >= 0.3 is 6.09 Å². The number of likely N-dealkylation sites (tertiary alicyclic amines) is 1. The molecule has 0 saturated carbocycles. The van der Waals surface area contributed by atoms with E-state index in [-0.39, 0.29) is 24.0 Å². The van der Waals surface area contributed by atoms with Crippen molar-refractivity contribution in [3.8, 4) is 5.75 Å². The third-order valence-electron chi connectivity index (χ3n) is 8.02. The van der Waals surface area contributed by atoms with Crippen molar-refractivity contribution in [3.63, 3.8) is 0 Å². The zero-order valence-corrected chi connectivity index (χ0v) is 25.3. The Balaban J connectivity index is 1.44. The van der Waals surface area contributed by atoms with Gasteiger partial charge in [0.2, 0.25) is 0 Å². The first-order valence-electron chi connectivity index (χ1n) is 14.5. The molecule has 0 aliphatic carbocycles. The Morgan fingerprint density at radius 1 is 0.975 bits per heavy atom. The number of hydrogen-bond acceptors (Lipinski definition) is 6. The molecule has 0 radical (unpaired) electrons. The van der Waals surface area contributed by atoms with E-state index in [2.05, 4.69) is 34.3 Å². The number of hydrogen-bond donors (Lipinski definition) is 1. The van der Waals surface area contributed by atoms with Crippen LogP contribution in [0, 0.1) is 6.92 Å². The molecule has 2 fully saturated rings. The van der Waals surface area contributed by atoms with Gasteiger partial charge in [0.15, 0.2) is 0 Å². The minimum absolute atomic E-state index is 0.0657. The van der Waals surface area contributed by atoms with Crippen molar-refractivity contribution >= 4 is 17.7 Å². The Hall–Kier alpha value is -3.26. The van der Waals surface area contributed by atoms with Crippen LogP contribution in [0.25, 0.3) is 0 Å². The molecular weight excluding hydrogens is 504 g/mol. The lowest BCUT2D eigenvalue weighted by Crippen LogP contribution is -2.44. The topological polar surface area (TPSA) is 74.4 Å². The van der Waals surface area contributed by atoms with Gasteiger partial charge in [-0.1, -0.05) is 12.1 Å². The van der Waals surface area contributed by atoms with Gasteiger partial charge in [-0.2, -0.15) is 0 Å². The zero-order chi connectivity index (χ0) is 29.0. The van der Waals surface area contributed by atoms with Crippen LogP contribution < -0.4 is 15.0 Å². The maximum atomic E-state index is 13.4. The minimum atomic E-state index is -0.503. The van der Waals surface area contributed by atoms with E-state index in [1.54, 1.807) is 12.0 Å². The van der Waals surface area contributed by atoms with Crippen LogP contribution in [0.15, 0.2) is 36.4 Å². The Labute approximate surface area is 239 Å². The maximum Gasteiger partial charge on any atom is 0.410 e. The third kappa shape index (κ3) is 7.27. The molecule has 2 aromatic rings. The van der Waals surface area contributed by atoms with Gasteiger partial charge in [0, 0.05) is 50.5 Å². The number of nitrogens with one attached hydrogen (secondary N) is 1. The summed E-state index contributed by atoms with van der Waals surface area (Å²) >= 11 is 0. The van der Waals surface area contributed by atoms with Crippen LogP contribution in [0.1, 0.15) is 79.5 Å². The molecule has 2 heterocycles. The summed E-state index contributed by atoms with van der Waals surface area (Å²) in [6, 6.07) is 12.2. The van der Waals surface area contributed by atoms with Gasteiger partial charge in [-0.25, -0.2) is 4.79 Å². The summed E-state index contributed by atoms with van der Waals surface area (Å²) in [6.45, 7) is 14.9. The number of benzene rings is 2. The van der Waals surface area contributed by atoms with Gasteiger partial charge in [-0.15, -0.1) is 0 Å². The van der Waals surface area contributed by atoms with E-state index < -0.39 is 5.60 Å². The summed E-state index contributed by atoms with van der Waals surface area (Å²) in [5.74, 6) is 1.04. The van der Waals surface area contributed by atoms with Gasteiger partial charge < -0.3 is 29.5 Å². The standard InChI is InChI=1S/C32H46N4O4/c1-22-8-10-26(35-18-16-34(6)17-19-35)21-27(22)30(37)33-23(2)25-9-11-29(39-7)28(20-25)24-12-14-36(15-13-24)31(38)40-32(3,4)5/h8-11,20-21,23-24H,12-19H2,1-7H3,(H,33,37)/t23-/m1/s1. The molecule has 2 amide bonds. The average molecular weight is 551 g/mol. The van der Waals surface area contributed by atoms with E-state index >= 15 is 0 Å². The first-order valence-corrected chi connectivity index (χ1v) is 14.5. The van der Waals surface area contributed by atoms with Crippen molar-refractivity contribution in [2.45, 2.75) is 65.0 Å². The molecule has 1 atom stereocenters. The minimum Gasteiger partial charge on any atom is -0.496 e. The molecule has 2 aliphatic rings. The van der Waals surface area contributed by atoms with Crippen LogP contribution in [0.4, 0.5) is 10.5 Å². The number of ether oxygens (including phenoxy) is 2. The number of amides is 2. The van der Waals surface area contributed by atoms with Crippen LogP contribution >= 0.6 is 0 Å². The molecule has 218 valence electrons. The zero-order valence-electron chi connectivity index (χ0n) is 25.3. The number of anilines is 1. The van der Waals surface area contributed by atoms with Crippen LogP contribution in [0.5, 0.6) is 5.75 Å². The van der Waals surface area contributed by atoms with Crippen LogP contribution in [-0.4, -0.2) is 80.8 Å². The maximum absolute atomic E-state index is 13.4. The number of methoxy groups -OCH3 is 1. The Morgan fingerprint density at radius 2 is 1.65 bits per heavy atom. The van der Waals surface area contributed by atoms with Crippen molar-refractivity contribution in [2.75, 3.05) is 58.3 Å². The normalized spacial score (nSPS) is 17.9. The second-order valence-corrected chi connectivity index (χ2v) is 12.2. The first kappa shape index (κ1) is 29.7. The molecule has 1 N–H and O–H groups in total. The lowest BCUT2D eigenvalue weighted by molar-refractivity contribution is 0.0204. The Kier molecular flexibility index (Phi) is 9.29. The molecule has 4 rings (SSSR count). The highest BCUT2D eigenvalue weighted by molar-refractivity contribution is 5.96. The van der Waals surface area contributed by atoms with E-state index in [9.17, 15) is 9.59 Å². The largest absolute Gasteiger partial charge is 0.496 e. The molecule has 2 aliphatic heterocycles. The number of aryl methyl sites for hydroxylation is 1. The van der Waals surface area contributed by atoms with Gasteiger partial charge in [0.25, 0.3) is 5.91 Å².